The van der Waals surface area contributed by atoms with Crippen LogP contribution in [0.3, 0.4) is 0 Å². The van der Waals surface area contributed by atoms with Crippen LogP contribution in [0.2, 0.25) is 0 Å². The third kappa shape index (κ3) is 1.99. The number of nitrogens with zero attached hydrogens (tertiary/aromatic N) is 1. The van der Waals surface area contributed by atoms with Gasteiger partial charge < -0.3 is 9.66 Å². The van der Waals surface area contributed by atoms with Gasteiger partial charge in [-0.25, -0.2) is 4.31 Å². The van der Waals surface area contributed by atoms with E-state index in [1.807, 2.05) is 24.3 Å². The van der Waals surface area contributed by atoms with Crippen molar-refractivity contribution in [1.29, 1.82) is 0 Å². The van der Waals surface area contributed by atoms with Gasteiger partial charge in [-0.05, 0) is 17.5 Å². The van der Waals surface area contributed by atoms with Crippen LogP contribution in [0.1, 0.15) is 11.1 Å². The van der Waals surface area contributed by atoms with Crippen LogP contribution in [0, 0.1) is 0 Å². The first-order valence-electron chi connectivity index (χ1n) is 4.75. The first-order chi connectivity index (χ1) is 7.59. The summed E-state index contributed by atoms with van der Waals surface area (Å²) >= 11 is -2.51. The van der Waals surface area contributed by atoms with E-state index in [4.69, 9.17) is 5.11 Å². The van der Waals surface area contributed by atoms with Crippen LogP contribution in [0.25, 0.3) is 0 Å². The highest BCUT2D eigenvalue weighted by atomic mass is 32.2. The van der Waals surface area contributed by atoms with Gasteiger partial charge in [0.1, 0.15) is 6.04 Å². The molecule has 0 bridgehead atoms. The van der Waals surface area contributed by atoms with Crippen LogP contribution in [0.15, 0.2) is 24.3 Å². The SMILES string of the molecule is O=C(O)C1Cc2ccccc2CN1S(=O)[O-]. The summed E-state index contributed by atoms with van der Waals surface area (Å²) in [6.07, 6.45) is 0.222. The summed E-state index contributed by atoms with van der Waals surface area (Å²) in [5.74, 6) is -1.11. The average Bonchev–Trinajstić information content (AvgIpc) is 2.27. The van der Waals surface area contributed by atoms with E-state index >= 15 is 0 Å². The van der Waals surface area contributed by atoms with E-state index < -0.39 is 23.3 Å². The van der Waals surface area contributed by atoms with E-state index in [0.717, 1.165) is 15.4 Å². The zero-order valence-corrected chi connectivity index (χ0v) is 9.14. The van der Waals surface area contributed by atoms with Crippen molar-refractivity contribution in [3.63, 3.8) is 0 Å². The summed E-state index contributed by atoms with van der Waals surface area (Å²) < 4.78 is 22.8. The number of hydrogen-bond donors (Lipinski definition) is 1. The molecule has 0 aliphatic carbocycles. The highest BCUT2D eigenvalue weighted by Gasteiger charge is 2.31. The Hall–Kier alpha value is -1.24. The molecule has 2 unspecified atom stereocenters. The fourth-order valence-corrected chi connectivity index (χ4v) is 2.48. The highest BCUT2D eigenvalue weighted by molar-refractivity contribution is 7.76. The molecule has 0 aromatic heterocycles. The normalized spacial score (nSPS) is 22.4. The number of benzene rings is 1. The molecule has 86 valence electrons. The number of carbonyl (C=O) groups is 1. The van der Waals surface area contributed by atoms with Crippen molar-refractivity contribution in [3.05, 3.63) is 35.4 Å². The van der Waals surface area contributed by atoms with Gasteiger partial charge in [0.15, 0.2) is 0 Å². The molecule has 0 saturated carbocycles. The topological polar surface area (TPSA) is 80.7 Å². The van der Waals surface area contributed by atoms with Crippen LogP contribution < -0.4 is 0 Å². The van der Waals surface area contributed by atoms with Gasteiger partial charge in [0.25, 0.3) is 0 Å². The Labute approximate surface area is 95.1 Å². The van der Waals surface area contributed by atoms with Crippen molar-refractivity contribution in [2.24, 2.45) is 0 Å². The lowest BCUT2D eigenvalue weighted by molar-refractivity contribution is -0.141. The van der Waals surface area contributed by atoms with E-state index in [9.17, 15) is 13.6 Å². The quantitative estimate of drug-likeness (QED) is 0.753. The molecule has 2 rings (SSSR count). The van der Waals surface area contributed by atoms with Gasteiger partial charge in [0, 0.05) is 17.8 Å². The minimum absolute atomic E-state index is 0.128. The summed E-state index contributed by atoms with van der Waals surface area (Å²) in [4.78, 5) is 11.0. The van der Waals surface area contributed by atoms with Crippen molar-refractivity contribution in [2.45, 2.75) is 19.0 Å². The lowest BCUT2D eigenvalue weighted by Crippen LogP contribution is -2.46. The Morgan fingerprint density at radius 1 is 1.44 bits per heavy atom. The highest BCUT2D eigenvalue weighted by Crippen LogP contribution is 2.24. The minimum Gasteiger partial charge on any atom is -0.760 e. The Bertz CT molecular complexity index is 407. The Morgan fingerprint density at radius 2 is 2.06 bits per heavy atom. The molecule has 1 N–H and O–H groups in total. The largest absolute Gasteiger partial charge is 0.760 e. The molecule has 16 heavy (non-hydrogen) atoms. The summed E-state index contributed by atoms with van der Waals surface area (Å²) in [7, 11) is 0. The van der Waals surface area contributed by atoms with Crippen LogP contribution in [0.4, 0.5) is 0 Å². The van der Waals surface area contributed by atoms with Gasteiger partial charge in [0.2, 0.25) is 0 Å². The maximum absolute atomic E-state index is 11.0. The maximum atomic E-state index is 11.0. The van der Waals surface area contributed by atoms with Crippen molar-refractivity contribution in [2.75, 3.05) is 0 Å². The molecule has 1 aliphatic rings. The van der Waals surface area contributed by atoms with Gasteiger partial charge in [-0.15, -0.1) is 0 Å². The maximum Gasteiger partial charge on any atom is 0.322 e. The summed E-state index contributed by atoms with van der Waals surface area (Å²) in [5, 5.41) is 8.97. The predicted octanol–water partition coefficient (Wildman–Crippen LogP) is 0.292. The smallest absolute Gasteiger partial charge is 0.322 e. The predicted molar refractivity (Wildman–Crippen MR) is 56.0 cm³/mol. The Morgan fingerprint density at radius 3 is 2.62 bits per heavy atom. The molecule has 0 radical (unpaired) electrons. The molecular weight excluding hydrogens is 230 g/mol. The van der Waals surface area contributed by atoms with Crippen LogP contribution in [0.5, 0.6) is 0 Å². The van der Waals surface area contributed by atoms with E-state index in [1.165, 1.54) is 0 Å². The molecule has 1 aliphatic heterocycles. The molecule has 5 nitrogen and oxygen atoms in total. The van der Waals surface area contributed by atoms with Crippen molar-refractivity contribution in [1.82, 2.24) is 4.31 Å². The van der Waals surface area contributed by atoms with E-state index in [2.05, 4.69) is 0 Å². The molecule has 2 atom stereocenters. The second kappa shape index (κ2) is 4.32. The molecule has 0 fully saturated rings. The third-order valence-corrected chi connectivity index (χ3v) is 3.45. The third-order valence-electron chi connectivity index (χ3n) is 2.68. The number of aliphatic carboxylic acids is 1. The number of hydrogen-bond acceptors (Lipinski definition) is 3. The van der Waals surface area contributed by atoms with Crippen LogP contribution in [-0.4, -0.2) is 30.2 Å². The van der Waals surface area contributed by atoms with Crippen LogP contribution in [-0.2, 0) is 29.0 Å². The zero-order chi connectivity index (χ0) is 11.7. The standard InChI is InChI=1S/C10H11NO4S/c12-10(13)9-5-7-3-1-2-4-8(7)6-11(9)16(14)15/h1-4,9H,5-6H2,(H,12,13)(H,14,15)/p-1. The number of carboxylic acid groups (broad SMARTS) is 1. The molecule has 1 aromatic rings. The number of fused-ring (bicyclic) bond motifs is 1. The molecule has 1 heterocycles. The molecule has 0 saturated heterocycles. The van der Waals surface area contributed by atoms with Crippen molar-refractivity contribution < 1.29 is 18.7 Å². The van der Waals surface area contributed by atoms with Crippen LogP contribution >= 0.6 is 0 Å². The lowest BCUT2D eigenvalue weighted by Gasteiger charge is -2.34. The van der Waals surface area contributed by atoms with E-state index in [0.29, 0.717) is 0 Å². The summed E-state index contributed by atoms with van der Waals surface area (Å²) in [6.45, 7) is 0.128. The van der Waals surface area contributed by atoms with Gasteiger partial charge in [-0.2, -0.15) is 0 Å². The van der Waals surface area contributed by atoms with Gasteiger partial charge in [0.05, 0.1) is 0 Å². The Balaban J connectivity index is 2.37. The number of carboxylic acids is 1. The summed E-state index contributed by atoms with van der Waals surface area (Å²) in [6, 6.07) is 6.28. The second-order valence-corrected chi connectivity index (χ2v) is 4.52. The second-order valence-electron chi connectivity index (χ2n) is 3.62. The van der Waals surface area contributed by atoms with Gasteiger partial charge in [-0.1, -0.05) is 24.3 Å². The van der Waals surface area contributed by atoms with E-state index in [1.54, 1.807) is 0 Å². The van der Waals surface area contributed by atoms with E-state index in [-0.39, 0.29) is 13.0 Å². The molecule has 0 spiro atoms. The lowest BCUT2D eigenvalue weighted by atomic mass is 9.96. The molecular formula is C10H10NO4S-. The average molecular weight is 240 g/mol. The zero-order valence-electron chi connectivity index (χ0n) is 8.33. The number of rotatable bonds is 2. The van der Waals surface area contributed by atoms with Crippen molar-refractivity contribution in [3.8, 4) is 0 Å². The van der Waals surface area contributed by atoms with Gasteiger partial charge >= 0.3 is 5.97 Å². The molecule has 0 amide bonds. The first kappa shape index (κ1) is 11.3. The Kier molecular flexibility index (Phi) is 3.04. The van der Waals surface area contributed by atoms with Gasteiger partial charge in [-0.3, -0.25) is 9.00 Å². The fourth-order valence-electron chi connectivity index (χ4n) is 1.87. The van der Waals surface area contributed by atoms with Crippen molar-refractivity contribution >= 4 is 17.2 Å². The monoisotopic (exact) mass is 240 g/mol. The molecule has 1 aromatic carbocycles. The first-order valence-corrected chi connectivity index (χ1v) is 5.78. The molecule has 6 heteroatoms. The summed E-state index contributed by atoms with van der Waals surface area (Å²) in [5.41, 5.74) is 1.76. The minimum atomic E-state index is -2.51. The fraction of sp³-hybridized carbons (Fsp3) is 0.300.